The molecule has 0 unspecified atom stereocenters. The van der Waals surface area contributed by atoms with E-state index in [9.17, 15) is 14.4 Å². The first-order valence-electron chi connectivity index (χ1n) is 9.62. The van der Waals surface area contributed by atoms with Crippen LogP contribution in [-0.2, 0) is 9.59 Å². The molecule has 8 nitrogen and oxygen atoms in total. The van der Waals surface area contributed by atoms with Gasteiger partial charge in [-0.2, -0.15) is 0 Å². The molecule has 2 aromatic rings. The van der Waals surface area contributed by atoms with Gasteiger partial charge in [0.2, 0.25) is 0 Å². The molecule has 32 heavy (non-hydrogen) atoms. The number of halogens is 1. The lowest BCUT2D eigenvalue weighted by molar-refractivity contribution is -0.139. The maximum atomic E-state index is 12.7. The predicted octanol–water partition coefficient (Wildman–Crippen LogP) is 4.32. The van der Waals surface area contributed by atoms with E-state index in [1.807, 2.05) is 0 Å². The van der Waals surface area contributed by atoms with Gasteiger partial charge in [0.25, 0.3) is 11.1 Å². The zero-order chi connectivity index (χ0) is 23.1. The number of ether oxygens (including phenoxy) is 3. The maximum Gasteiger partial charge on any atom is 0.341 e. The Labute approximate surface area is 193 Å². The van der Waals surface area contributed by atoms with Crippen molar-refractivity contribution in [1.29, 1.82) is 0 Å². The van der Waals surface area contributed by atoms with Crippen LogP contribution in [0.4, 0.5) is 4.79 Å². The van der Waals surface area contributed by atoms with Gasteiger partial charge in [-0.1, -0.05) is 17.7 Å². The highest BCUT2D eigenvalue weighted by atomic mass is 35.5. The number of nitrogens with zero attached hydrogens (tertiary/aromatic N) is 1. The van der Waals surface area contributed by atoms with Crippen molar-refractivity contribution in [2.24, 2.45) is 0 Å². The Morgan fingerprint density at radius 1 is 1.09 bits per heavy atom. The second kappa shape index (κ2) is 10.9. The summed E-state index contributed by atoms with van der Waals surface area (Å²) in [4.78, 5) is 37.1. The fourth-order valence-corrected chi connectivity index (χ4v) is 3.76. The van der Waals surface area contributed by atoms with Crippen molar-refractivity contribution in [1.82, 2.24) is 4.90 Å². The summed E-state index contributed by atoms with van der Waals surface area (Å²) in [5, 5.41) is 8.99. The molecule has 1 aliphatic heterocycles. The Morgan fingerprint density at radius 3 is 2.53 bits per heavy atom. The lowest BCUT2D eigenvalue weighted by Crippen LogP contribution is -2.32. The molecule has 1 heterocycles. The number of aliphatic carboxylic acids is 1. The predicted molar refractivity (Wildman–Crippen MR) is 120 cm³/mol. The van der Waals surface area contributed by atoms with Crippen LogP contribution in [0.5, 0.6) is 17.2 Å². The first-order chi connectivity index (χ1) is 15.4. The third kappa shape index (κ3) is 6.18. The molecular formula is C22H20ClNO7S. The third-order valence-electron chi connectivity index (χ3n) is 4.19. The summed E-state index contributed by atoms with van der Waals surface area (Å²) in [6.45, 7) is 1.88. The molecule has 0 spiro atoms. The van der Waals surface area contributed by atoms with E-state index in [0.29, 0.717) is 28.7 Å². The molecule has 0 aliphatic carbocycles. The van der Waals surface area contributed by atoms with Crippen molar-refractivity contribution < 1.29 is 33.7 Å². The first-order valence-corrected chi connectivity index (χ1v) is 10.8. The van der Waals surface area contributed by atoms with E-state index in [0.717, 1.165) is 16.7 Å². The largest absolute Gasteiger partial charge is 0.492 e. The van der Waals surface area contributed by atoms with E-state index in [2.05, 4.69) is 0 Å². The fourth-order valence-electron chi connectivity index (χ4n) is 2.77. The number of benzene rings is 2. The number of hydrogen-bond acceptors (Lipinski definition) is 7. The summed E-state index contributed by atoms with van der Waals surface area (Å²) < 4.78 is 16.3. The zero-order valence-electron chi connectivity index (χ0n) is 17.1. The molecule has 3 rings (SSSR count). The van der Waals surface area contributed by atoms with Crippen LogP contribution >= 0.6 is 23.4 Å². The molecule has 2 amide bonds. The molecule has 1 fully saturated rings. The Morgan fingerprint density at radius 2 is 1.84 bits per heavy atom. The van der Waals surface area contributed by atoms with Gasteiger partial charge in [-0.3, -0.25) is 14.5 Å². The molecule has 2 aromatic carbocycles. The van der Waals surface area contributed by atoms with E-state index < -0.39 is 18.5 Å². The van der Waals surface area contributed by atoms with Gasteiger partial charge in [-0.25, -0.2) is 4.79 Å². The Balaban J connectivity index is 1.67. The quantitative estimate of drug-likeness (QED) is 0.505. The summed E-state index contributed by atoms with van der Waals surface area (Å²) in [6, 6.07) is 11.6. The van der Waals surface area contributed by atoms with Crippen molar-refractivity contribution in [3.8, 4) is 17.2 Å². The number of amides is 2. The molecule has 0 aromatic heterocycles. The van der Waals surface area contributed by atoms with Gasteiger partial charge in [0.15, 0.2) is 18.1 Å². The summed E-state index contributed by atoms with van der Waals surface area (Å²) in [5.74, 6) is -0.309. The molecule has 168 valence electrons. The number of carbonyl (C=O) groups is 3. The molecule has 1 saturated heterocycles. The Hall–Kier alpha value is -3.17. The standard InChI is InChI=1S/C22H20ClNO7S/c1-2-29-18-11-14(3-8-17(18)31-13-20(25)26)12-19-21(27)24(22(28)32-19)9-10-30-16-6-4-15(23)5-7-16/h3-8,11-12H,2,9-10,13H2,1H3,(H,25,26)/b19-12-. The monoisotopic (exact) mass is 477 g/mol. The normalized spacial score (nSPS) is 14.7. The highest BCUT2D eigenvalue weighted by molar-refractivity contribution is 8.18. The molecule has 0 radical (unpaired) electrons. The van der Waals surface area contributed by atoms with E-state index in [1.54, 1.807) is 55.5 Å². The molecule has 1 N–H and O–H groups in total. The number of thioether (sulfide) groups is 1. The SMILES string of the molecule is CCOc1cc(/C=C2\SC(=O)N(CCOc3ccc(Cl)cc3)C2=O)ccc1OCC(=O)O. The minimum Gasteiger partial charge on any atom is -0.492 e. The molecule has 0 saturated carbocycles. The summed E-state index contributed by atoms with van der Waals surface area (Å²) in [7, 11) is 0. The summed E-state index contributed by atoms with van der Waals surface area (Å²) in [6.07, 6.45) is 1.58. The lowest BCUT2D eigenvalue weighted by atomic mass is 10.2. The van der Waals surface area contributed by atoms with Crippen LogP contribution in [0, 0.1) is 0 Å². The Kier molecular flexibility index (Phi) is 8.02. The number of carboxylic acid groups (broad SMARTS) is 1. The van der Waals surface area contributed by atoms with Crippen LogP contribution in [0.25, 0.3) is 6.08 Å². The topological polar surface area (TPSA) is 102 Å². The van der Waals surface area contributed by atoms with Crippen LogP contribution < -0.4 is 14.2 Å². The van der Waals surface area contributed by atoms with E-state index in [4.69, 9.17) is 30.9 Å². The van der Waals surface area contributed by atoms with E-state index >= 15 is 0 Å². The smallest absolute Gasteiger partial charge is 0.341 e. The van der Waals surface area contributed by atoms with Crippen LogP contribution in [-0.4, -0.2) is 53.5 Å². The second-order valence-corrected chi connectivity index (χ2v) is 7.89. The minimum absolute atomic E-state index is 0.108. The van der Waals surface area contributed by atoms with Crippen LogP contribution in [0.2, 0.25) is 5.02 Å². The summed E-state index contributed by atoms with van der Waals surface area (Å²) in [5.41, 5.74) is 0.610. The highest BCUT2D eigenvalue weighted by Crippen LogP contribution is 2.34. The highest BCUT2D eigenvalue weighted by Gasteiger charge is 2.34. The van der Waals surface area contributed by atoms with Crippen LogP contribution in [0.1, 0.15) is 12.5 Å². The number of rotatable bonds is 10. The van der Waals surface area contributed by atoms with Crippen molar-refractivity contribution in [2.45, 2.75) is 6.92 Å². The number of carboxylic acids is 1. The molecule has 10 heteroatoms. The third-order valence-corrected chi connectivity index (χ3v) is 5.35. The van der Waals surface area contributed by atoms with Crippen molar-refractivity contribution in [3.05, 3.63) is 58.0 Å². The van der Waals surface area contributed by atoms with E-state index in [-0.39, 0.29) is 29.0 Å². The first kappa shape index (κ1) is 23.5. The molecule has 1 aliphatic rings. The number of hydrogen-bond donors (Lipinski definition) is 1. The molecular weight excluding hydrogens is 458 g/mol. The summed E-state index contributed by atoms with van der Waals surface area (Å²) >= 11 is 6.67. The number of carbonyl (C=O) groups excluding carboxylic acids is 2. The fraction of sp³-hybridized carbons (Fsp3) is 0.227. The number of imide groups is 1. The van der Waals surface area contributed by atoms with Gasteiger partial charge in [0.1, 0.15) is 12.4 Å². The second-order valence-electron chi connectivity index (χ2n) is 6.46. The van der Waals surface area contributed by atoms with Gasteiger partial charge in [-0.05, 0) is 66.7 Å². The van der Waals surface area contributed by atoms with Gasteiger partial charge in [0.05, 0.1) is 18.1 Å². The molecule has 0 atom stereocenters. The van der Waals surface area contributed by atoms with Gasteiger partial charge < -0.3 is 19.3 Å². The minimum atomic E-state index is -1.11. The Bertz CT molecular complexity index is 1040. The van der Waals surface area contributed by atoms with Crippen molar-refractivity contribution >= 4 is 46.6 Å². The maximum absolute atomic E-state index is 12.7. The zero-order valence-corrected chi connectivity index (χ0v) is 18.6. The van der Waals surface area contributed by atoms with Crippen LogP contribution in [0.15, 0.2) is 47.4 Å². The van der Waals surface area contributed by atoms with E-state index in [1.165, 1.54) is 0 Å². The van der Waals surface area contributed by atoms with Crippen molar-refractivity contribution in [3.63, 3.8) is 0 Å². The average Bonchev–Trinajstić information content (AvgIpc) is 3.02. The van der Waals surface area contributed by atoms with Crippen LogP contribution in [0.3, 0.4) is 0 Å². The van der Waals surface area contributed by atoms with Gasteiger partial charge in [-0.15, -0.1) is 0 Å². The van der Waals surface area contributed by atoms with Crippen molar-refractivity contribution in [2.75, 3.05) is 26.4 Å². The van der Waals surface area contributed by atoms with Gasteiger partial charge in [0, 0.05) is 5.02 Å². The average molecular weight is 478 g/mol. The van der Waals surface area contributed by atoms with Gasteiger partial charge >= 0.3 is 5.97 Å². The molecule has 0 bridgehead atoms. The lowest BCUT2D eigenvalue weighted by Gasteiger charge is -2.13.